The number of anilines is 1. The summed E-state index contributed by atoms with van der Waals surface area (Å²) in [6.45, 7) is 7.01. The van der Waals surface area contributed by atoms with Crippen molar-refractivity contribution in [2.75, 3.05) is 11.9 Å². The highest BCUT2D eigenvalue weighted by Gasteiger charge is 2.31. The van der Waals surface area contributed by atoms with Crippen molar-refractivity contribution >= 4 is 17.4 Å². The first kappa shape index (κ1) is 18.1. The van der Waals surface area contributed by atoms with E-state index in [0.29, 0.717) is 12.4 Å². The van der Waals surface area contributed by atoms with Crippen molar-refractivity contribution in [1.29, 1.82) is 0 Å². The van der Waals surface area contributed by atoms with Crippen LogP contribution in [0.1, 0.15) is 52.0 Å². The summed E-state index contributed by atoms with van der Waals surface area (Å²) in [5.41, 5.74) is -0.789. The molecule has 0 atom stereocenters. The molecule has 0 spiro atoms. The number of hydrogen-bond acceptors (Lipinski definition) is 2. The van der Waals surface area contributed by atoms with Gasteiger partial charge in [-0.05, 0) is 17.9 Å². The Morgan fingerprint density at radius 3 is 2.43 bits per heavy atom. The number of rotatable bonds is 7. The molecule has 21 heavy (non-hydrogen) atoms. The fourth-order valence-electron chi connectivity index (χ4n) is 1.99. The Hall–Kier alpha value is -0.970. The van der Waals surface area contributed by atoms with Crippen LogP contribution in [0, 0.1) is 5.41 Å². The van der Waals surface area contributed by atoms with Crippen molar-refractivity contribution in [3.63, 3.8) is 0 Å². The van der Waals surface area contributed by atoms with E-state index in [1.54, 1.807) is 0 Å². The highest BCUT2D eigenvalue weighted by molar-refractivity contribution is 6.32. The molecule has 1 aromatic heterocycles. The fraction of sp³-hybridized carbons (Fsp3) is 0.667. The molecule has 120 valence electrons. The van der Waals surface area contributed by atoms with Crippen LogP contribution in [0.4, 0.5) is 19.0 Å². The van der Waals surface area contributed by atoms with Crippen molar-refractivity contribution < 1.29 is 13.2 Å². The second kappa shape index (κ2) is 7.34. The van der Waals surface area contributed by atoms with Crippen LogP contribution in [0.25, 0.3) is 0 Å². The fourth-order valence-corrected chi connectivity index (χ4v) is 2.22. The zero-order chi connectivity index (χ0) is 16.1. The van der Waals surface area contributed by atoms with Crippen LogP contribution < -0.4 is 5.32 Å². The van der Waals surface area contributed by atoms with Crippen LogP contribution >= 0.6 is 11.6 Å². The van der Waals surface area contributed by atoms with E-state index in [4.69, 9.17) is 11.6 Å². The molecule has 0 saturated heterocycles. The lowest BCUT2D eigenvalue weighted by atomic mass is 9.87. The lowest BCUT2D eigenvalue weighted by Gasteiger charge is -2.25. The lowest BCUT2D eigenvalue weighted by molar-refractivity contribution is -0.137. The van der Waals surface area contributed by atoms with E-state index in [1.807, 2.05) is 0 Å². The summed E-state index contributed by atoms with van der Waals surface area (Å²) >= 11 is 5.87. The van der Waals surface area contributed by atoms with Gasteiger partial charge in [0, 0.05) is 12.7 Å². The third-order valence-electron chi connectivity index (χ3n) is 3.36. The van der Waals surface area contributed by atoms with E-state index in [1.165, 1.54) is 6.42 Å². The van der Waals surface area contributed by atoms with Gasteiger partial charge in [-0.25, -0.2) is 4.98 Å². The summed E-state index contributed by atoms with van der Waals surface area (Å²) in [6, 6.07) is 0.904. The van der Waals surface area contributed by atoms with E-state index in [0.717, 1.165) is 31.5 Å². The van der Waals surface area contributed by atoms with Gasteiger partial charge in [0.25, 0.3) is 0 Å². The van der Waals surface area contributed by atoms with E-state index in [-0.39, 0.29) is 10.4 Å². The number of nitrogens with one attached hydrogen (secondary N) is 1. The predicted octanol–water partition coefficient (Wildman–Crippen LogP) is 5.77. The largest absolute Gasteiger partial charge is 0.417 e. The summed E-state index contributed by atoms with van der Waals surface area (Å²) < 4.78 is 37.6. The van der Waals surface area contributed by atoms with Gasteiger partial charge in [-0.3, -0.25) is 0 Å². The van der Waals surface area contributed by atoms with Crippen molar-refractivity contribution in [3.05, 3.63) is 22.8 Å². The second-order valence-electron chi connectivity index (χ2n) is 6.03. The Kier molecular flexibility index (Phi) is 6.32. The van der Waals surface area contributed by atoms with Crippen molar-refractivity contribution in [2.24, 2.45) is 5.41 Å². The highest BCUT2D eigenvalue weighted by Crippen LogP contribution is 2.33. The first-order valence-corrected chi connectivity index (χ1v) is 7.50. The molecule has 1 aromatic rings. The zero-order valence-electron chi connectivity index (χ0n) is 12.6. The van der Waals surface area contributed by atoms with E-state index in [9.17, 15) is 13.2 Å². The topological polar surface area (TPSA) is 24.9 Å². The standard InChI is InChI=1S/C15H22ClF3N2/c1-4-5-6-7-14(2,3)10-21-13-12(16)8-11(9-20-13)15(17,18)19/h8-9H,4-7,10H2,1-3H3,(H,20,21). The predicted molar refractivity (Wildman–Crippen MR) is 80.7 cm³/mol. The van der Waals surface area contributed by atoms with Crippen LogP contribution in [0.5, 0.6) is 0 Å². The number of nitrogens with zero attached hydrogens (tertiary/aromatic N) is 1. The summed E-state index contributed by atoms with van der Waals surface area (Å²) in [5, 5.41) is 3.04. The average Bonchev–Trinajstić information content (AvgIpc) is 2.36. The molecule has 0 aliphatic rings. The van der Waals surface area contributed by atoms with Crippen LogP contribution in [0.15, 0.2) is 12.3 Å². The Balaban J connectivity index is 2.63. The van der Waals surface area contributed by atoms with Gasteiger partial charge in [0.05, 0.1) is 10.6 Å². The summed E-state index contributed by atoms with van der Waals surface area (Å²) in [5.74, 6) is 0.299. The molecule has 1 N–H and O–H groups in total. The number of alkyl halides is 3. The third kappa shape index (κ3) is 6.12. The van der Waals surface area contributed by atoms with Gasteiger partial charge in [-0.15, -0.1) is 0 Å². The van der Waals surface area contributed by atoms with Crippen molar-refractivity contribution in [1.82, 2.24) is 4.98 Å². The maximum absolute atomic E-state index is 12.5. The first-order chi connectivity index (χ1) is 9.65. The van der Waals surface area contributed by atoms with E-state index >= 15 is 0 Å². The first-order valence-electron chi connectivity index (χ1n) is 7.12. The second-order valence-corrected chi connectivity index (χ2v) is 6.43. The van der Waals surface area contributed by atoms with Gasteiger partial charge in [0.15, 0.2) is 0 Å². The Morgan fingerprint density at radius 1 is 1.24 bits per heavy atom. The van der Waals surface area contributed by atoms with Gasteiger partial charge in [-0.2, -0.15) is 13.2 Å². The Morgan fingerprint density at radius 2 is 1.90 bits per heavy atom. The molecular formula is C15H22ClF3N2. The quantitative estimate of drug-likeness (QED) is 0.644. The van der Waals surface area contributed by atoms with Crippen molar-refractivity contribution in [3.8, 4) is 0 Å². The van der Waals surface area contributed by atoms with Gasteiger partial charge < -0.3 is 5.32 Å². The monoisotopic (exact) mass is 322 g/mol. The van der Waals surface area contributed by atoms with Gasteiger partial charge >= 0.3 is 6.18 Å². The highest BCUT2D eigenvalue weighted by atomic mass is 35.5. The average molecular weight is 323 g/mol. The normalized spacial score (nSPS) is 12.5. The van der Waals surface area contributed by atoms with Gasteiger partial charge in [0.1, 0.15) is 5.82 Å². The Labute approximate surface area is 129 Å². The number of pyridine rings is 1. The molecular weight excluding hydrogens is 301 g/mol. The molecule has 0 fully saturated rings. The third-order valence-corrected chi connectivity index (χ3v) is 3.65. The lowest BCUT2D eigenvalue weighted by Crippen LogP contribution is -2.23. The molecule has 0 aliphatic heterocycles. The smallest absolute Gasteiger partial charge is 0.368 e. The molecule has 6 heteroatoms. The minimum atomic E-state index is -4.42. The number of hydrogen-bond donors (Lipinski definition) is 1. The summed E-state index contributed by atoms with van der Waals surface area (Å²) in [4.78, 5) is 3.78. The molecule has 1 heterocycles. The maximum Gasteiger partial charge on any atom is 0.417 e. The number of aromatic nitrogens is 1. The summed E-state index contributed by atoms with van der Waals surface area (Å²) in [7, 11) is 0. The molecule has 0 unspecified atom stereocenters. The molecule has 2 nitrogen and oxygen atoms in total. The number of unbranched alkanes of at least 4 members (excludes halogenated alkanes) is 2. The molecule has 0 radical (unpaired) electrons. The molecule has 0 bridgehead atoms. The minimum absolute atomic E-state index is 0.00539. The van der Waals surface area contributed by atoms with E-state index in [2.05, 4.69) is 31.1 Å². The zero-order valence-corrected chi connectivity index (χ0v) is 13.4. The molecule has 0 aromatic carbocycles. The van der Waals surface area contributed by atoms with Crippen molar-refractivity contribution in [2.45, 2.75) is 52.6 Å². The van der Waals surface area contributed by atoms with Gasteiger partial charge in [0.2, 0.25) is 0 Å². The van der Waals surface area contributed by atoms with Gasteiger partial charge in [-0.1, -0.05) is 51.6 Å². The van der Waals surface area contributed by atoms with Crippen LogP contribution in [0.2, 0.25) is 5.02 Å². The molecule has 0 aliphatic carbocycles. The Bertz CT molecular complexity index is 459. The maximum atomic E-state index is 12.5. The number of halogens is 4. The van der Waals surface area contributed by atoms with Crippen LogP contribution in [0.3, 0.4) is 0 Å². The summed E-state index contributed by atoms with van der Waals surface area (Å²) in [6.07, 6.45) is 0.914. The SMILES string of the molecule is CCCCCC(C)(C)CNc1ncc(C(F)(F)F)cc1Cl. The molecule has 0 saturated carbocycles. The molecule has 0 amide bonds. The van der Waals surface area contributed by atoms with E-state index < -0.39 is 11.7 Å². The van der Waals surface area contributed by atoms with Crippen LogP contribution in [-0.2, 0) is 6.18 Å². The van der Waals surface area contributed by atoms with Crippen LogP contribution in [-0.4, -0.2) is 11.5 Å². The minimum Gasteiger partial charge on any atom is -0.368 e. The molecule has 1 rings (SSSR count).